The lowest BCUT2D eigenvalue weighted by Gasteiger charge is -2.25. The van der Waals surface area contributed by atoms with E-state index < -0.39 is 0 Å². The van der Waals surface area contributed by atoms with E-state index in [2.05, 4.69) is 34.9 Å². The molecule has 0 unspecified atom stereocenters. The van der Waals surface area contributed by atoms with Crippen LogP contribution in [0.25, 0.3) is 16.8 Å². The van der Waals surface area contributed by atoms with Gasteiger partial charge in [0, 0.05) is 17.7 Å². The van der Waals surface area contributed by atoms with E-state index in [1.807, 2.05) is 66.2 Å². The fraction of sp³-hybridized carbons (Fsp3) is 0.276. The van der Waals surface area contributed by atoms with Gasteiger partial charge in [-0.2, -0.15) is 10.4 Å². The highest BCUT2D eigenvalue weighted by Gasteiger charge is 2.24. The maximum atomic E-state index is 9.45. The highest BCUT2D eigenvalue weighted by Crippen LogP contribution is 2.38. The molecule has 0 amide bonds. The molecule has 0 radical (unpaired) electrons. The number of nitriles is 1. The number of aromatic nitrogens is 3. The zero-order valence-electron chi connectivity index (χ0n) is 19.7. The normalized spacial score (nSPS) is 15.2. The van der Waals surface area contributed by atoms with Gasteiger partial charge in [0.2, 0.25) is 0 Å². The molecule has 172 valence electrons. The summed E-state index contributed by atoms with van der Waals surface area (Å²) < 4.78 is 7.87. The molecule has 3 aromatic rings. The molecule has 2 aromatic heterocycles. The number of fused-ring (bicyclic) bond motifs is 1. The minimum absolute atomic E-state index is 0.410. The van der Waals surface area contributed by atoms with Crippen LogP contribution in [0.3, 0.4) is 0 Å². The largest absolute Gasteiger partial charge is 0.489 e. The van der Waals surface area contributed by atoms with Crippen LogP contribution in [0.5, 0.6) is 5.75 Å². The minimum atomic E-state index is 0.410. The minimum Gasteiger partial charge on any atom is -0.489 e. The van der Waals surface area contributed by atoms with E-state index in [4.69, 9.17) is 4.74 Å². The number of ether oxygens (including phenoxy) is 1. The van der Waals surface area contributed by atoms with Crippen LogP contribution in [-0.2, 0) is 0 Å². The average Bonchev–Trinajstić information content (AvgIpc) is 3.32. The highest BCUT2D eigenvalue weighted by molar-refractivity contribution is 5.69. The van der Waals surface area contributed by atoms with Crippen LogP contribution in [0.15, 0.2) is 85.3 Å². The summed E-state index contributed by atoms with van der Waals surface area (Å²) in [6, 6.07) is 10.3. The molecular formula is C29H30N4O. The summed E-state index contributed by atoms with van der Waals surface area (Å²) in [4.78, 5) is 4.60. The second-order valence-corrected chi connectivity index (χ2v) is 8.47. The van der Waals surface area contributed by atoms with E-state index in [9.17, 15) is 5.26 Å². The second kappa shape index (κ2) is 11.3. The first kappa shape index (κ1) is 23.3. The van der Waals surface area contributed by atoms with Gasteiger partial charge in [-0.3, -0.25) is 0 Å². The van der Waals surface area contributed by atoms with E-state index in [1.165, 1.54) is 19.3 Å². The van der Waals surface area contributed by atoms with E-state index in [0.717, 1.165) is 41.0 Å². The third kappa shape index (κ3) is 5.18. The first-order chi connectivity index (χ1) is 16.7. The molecule has 0 N–H and O–H groups in total. The van der Waals surface area contributed by atoms with Gasteiger partial charge in [0.1, 0.15) is 24.0 Å². The molecule has 0 bridgehead atoms. The molecule has 0 aliphatic heterocycles. The fourth-order valence-corrected chi connectivity index (χ4v) is 4.45. The van der Waals surface area contributed by atoms with Crippen molar-refractivity contribution in [1.29, 1.82) is 5.26 Å². The molecule has 0 saturated heterocycles. The maximum Gasteiger partial charge on any atom is 0.173 e. The van der Waals surface area contributed by atoms with E-state index in [1.54, 1.807) is 6.20 Å². The SMILES string of the molecule is C=C/C(=C/C=C/C=C/C)COc1ccc(-c2cnc3c(C#N)cnn3c2C2CCCCC2)cc1. The fourth-order valence-electron chi connectivity index (χ4n) is 4.45. The van der Waals surface area contributed by atoms with E-state index >= 15 is 0 Å². The van der Waals surface area contributed by atoms with Crippen molar-refractivity contribution >= 4 is 5.65 Å². The van der Waals surface area contributed by atoms with Gasteiger partial charge in [0.05, 0.1) is 11.9 Å². The standard InChI is InChI=1S/C29H30N4O/c1-3-5-6-8-11-22(4-2)21-34-26-16-14-23(15-17-26)27-20-31-29-25(18-30)19-32-33(29)28(27)24-12-9-7-10-13-24/h3-6,8,11,14-17,19-20,24H,2,7,9-10,12-13,21H2,1H3/b5-3+,8-6+,22-11-. The topological polar surface area (TPSA) is 63.2 Å². The third-order valence-electron chi connectivity index (χ3n) is 6.23. The summed E-state index contributed by atoms with van der Waals surface area (Å²) >= 11 is 0. The Morgan fingerprint density at radius 2 is 1.94 bits per heavy atom. The number of hydrogen-bond acceptors (Lipinski definition) is 4. The Bertz CT molecular complexity index is 1270. The maximum absolute atomic E-state index is 9.45. The molecule has 2 heterocycles. The van der Waals surface area contributed by atoms with Gasteiger partial charge in [-0.15, -0.1) is 0 Å². The molecule has 5 nitrogen and oxygen atoms in total. The van der Waals surface area contributed by atoms with Crippen molar-refractivity contribution < 1.29 is 4.74 Å². The highest BCUT2D eigenvalue weighted by atomic mass is 16.5. The lowest BCUT2D eigenvalue weighted by molar-refractivity contribution is 0.355. The Balaban J connectivity index is 1.60. The lowest BCUT2D eigenvalue weighted by atomic mass is 9.84. The van der Waals surface area contributed by atoms with Crippen molar-refractivity contribution in [3.63, 3.8) is 0 Å². The molecule has 1 aliphatic carbocycles. The van der Waals surface area contributed by atoms with E-state index in [-0.39, 0.29) is 0 Å². The average molecular weight is 451 g/mol. The quantitative estimate of drug-likeness (QED) is 0.349. The van der Waals surface area contributed by atoms with Gasteiger partial charge in [0.15, 0.2) is 5.65 Å². The summed E-state index contributed by atoms with van der Waals surface area (Å²) in [6.07, 6.45) is 21.2. The summed E-state index contributed by atoms with van der Waals surface area (Å²) in [5.41, 5.74) is 5.46. The van der Waals surface area contributed by atoms with E-state index in [0.29, 0.717) is 23.7 Å². The van der Waals surface area contributed by atoms with Gasteiger partial charge in [0.25, 0.3) is 0 Å². The van der Waals surface area contributed by atoms with Crippen LogP contribution < -0.4 is 4.74 Å². The second-order valence-electron chi connectivity index (χ2n) is 8.47. The number of benzene rings is 1. The zero-order valence-corrected chi connectivity index (χ0v) is 19.7. The summed E-state index contributed by atoms with van der Waals surface area (Å²) in [5, 5.41) is 14.0. The molecular weight excluding hydrogens is 420 g/mol. The number of nitrogens with zero attached hydrogens (tertiary/aromatic N) is 4. The predicted molar refractivity (Wildman–Crippen MR) is 137 cm³/mol. The Morgan fingerprint density at radius 1 is 1.15 bits per heavy atom. The molecule has 5 heteroatoms. The summed E-state index contributed by atoms with van der Waals surface area (Å²) in [7, 11) is 0. The lowest BCUT2D eigenvalue weighted by Crippen LogP contribution is -2.12. The van der Waals surface area contributed by atoms with Gasteiger partial charge in [-0.25, -0.2) is 9.50 Å². The Kier molecular flexibility index (Phi) is 7.72. The summed E-state index contributed by atoms with van der Waals surface area (Å²) in [6.45, 7) is 6.32. The van der Waals surface area contributed by atoms with Crippen molar-refractivity contribution in [2.75, 3.05) is 6.61 Å². The van der Waals surface area contributed by atoms with Gasteiger partial charge < -0.3 is 4.74 Å². The smallest absolute Gasteiger partial charge is 0.173 e. The van der Waals surface area contributed by atoms with Crippen molar-refractivity contribution in [3.05, 3.63) is 96.5 Å². The number of allylic oxidation sites excluding steroid dienone is 5. The van der Waals surface area contributed by atoms with Gasteiger partial charge >= 0.3 is 0 Å². The predicted octanol–water partition coefficient (Wildman–Crippen LogP) is 6.94. The number of rotatable bonds is 8. The molecule has 1 saturated carbocycles. The van der Waals surface area contributed by atoms with Gasteiger partial charge in [-0.1, -0.05) is 74.4 Å². The number of hydrogen-bond donors (Lipinski definition) is 0. The van der Waals surface area contributed by atoms with Gasteiger partial charge in [-0.05, 0) is 43.0 Å². The van der Waals surface area contributed by atoms with Crippen LogP contribution >= 0.6 is 0 Å². The molecule has 1 aliphatic rings. The molecule has 0 spiro atoms. The van der Waals surface area contributed by atoms with Crippen LogP contribution in [-0.4, -0.2) is 21.2 Å². The molecule has 4 rings (SSSR count). The first-order valence-electron chi connectivity index (χ1n) is 11.9. The Hall–Kier alpha value is -3.91. The van der Waals surface area contributed by atoms with Crippen molar-refractivity contribution in [3.8, 4) is 22.9 Å². The monoisotopic (exact) mass is 450 g/mol. The zero-order chi connectivity index (χ0) is 23.8. The first-order valence-corrected chi connectivity index (χ1v) is 11.9. The van der Waals surface area contributed by atoms with Crippen LogP contribution in [0.4, 0.5) is 0 Å². The molecule has 1 aromatic carbocycles. The van der Waals surface area contributed by atoms with Crippen LogP contribution in [0.1, 0.15) is 56.2 Å². The van der Waals surface area contributed by atoms with Crippen molar-refractivity contribution in [2.24, 2.45) is 0 Å². The third-order valence-corrected chi connectivity index (χ3v) is 6.23. The van der Waals surface area contributed by atoms with Crippen LogP contribution in [0, 0.1) is 11.3 Å². The van der Waals surface area contributed by atoms with Crippen molar-refractivity contribution in [2.45, 2.75) is 44.9 Å². The Labute approximate surface area is 201 Å². The van der Waals surface area contributed by atoms with Crippen LogP contribution in [0.2, 0.25) is 0 Å². The Morgan fingerprint density at radius 3 is 2.65 bits per heavy atom. The van der Waals surface area contributed by atoms with Crippen molar-refractivity contribution in [1.82, 2.24) is 14.6 Å². The molecule has 0 atom stereocenters. The molecule has 1 fully saturated rings. The molecule has 34 heavy (non-hydrogen) atoms. The summed E-state index contributed by atoms with van der Waals surface area (Å²) in [5.74, 6) is 1.21.